The van der Waals surface area contributed by atoms with E-state index in [9.17, 15) is 4.79 Å². The third-order valence-corrected chi connectivity index (χ3v) is 3.13. The van der Waals surface area contributed by atoms with Gasteiger partial charge in [0, 0.05) is 18.3 Å². The average molecular weight is 305 g/mol. The Bertz CT molecular complexity index is 703. The summed E-state index contributed by atoms with van der Waals surface area (Å²) in [5, 5.41) is 15.5. The van der Waals surface area contributed by atoms with Gasteiger partial charge in [0.25, 0.3) is 5.91 Å². The number of nitrogens with one attached hydrogen (secondary N) is 1. The van der Waals surface area contributed by atoms with Crippen molar-refractivity contribution in [2.75, 3.05) is 0 Å². The number of nitrogens with zero attached hydrogens (tertiary/aromatic N) is 3. The predicted molar refractivity (Wildman–Crippen MR) is 75.7 cm³/mol. The van der Waals surface area contributed by atoms with Crippen LogP contribution in [0, 0.1) is 11.3 Å². The van der Waals surface area contributed by atoms with E-state index < -0.39 is 5.91 Å². The maximum atomic E-state index is 12.0. The molecule has 2 aromatic rings. The first-order valence-electron chi connectivity index (χ1n) is 6.30. The standard InChI is InChI=1S/C14H13ClN4O2/c1-8(2)12-10(7-21-19-12)6-18-14(20)13-11(15)3-9(4-16)5-17-13/h3,5,7-8H,6H2,1-2H3,(H,18,20). The van der Waals surface area contributed by atoms with Gasteiger partial charge in [-0.2, -0.15) is 5.26 Å². The van der Waals surface area contributed by atoms with E-state index in [1.54, 1.807) is 0 Å². The first kappa shape index (κ1) is 15.0. The van der Waals surface area contributed by atoms with E-state index in [2.05, 4.69) is 15.5 Å². The van der Waals surface area contributed by atoms with Crippen molar-refractivity contribution in [2.24, 2.45) is 0 Å². The topological polar surface area (TPSA) is 91.8 Å². The molecule has 1 N–H and O–H groups in total. The van der Waals surface area contributed by atoms with E-state index >= 15 is 0 Å². The Morgan fingerprint density at radius 1 is 1.57 bits per heavy atom. The number of nitriles is 1. The number of rotatable bonds is 4. The Morgan fingerprint density at radius 2 is 2.33 bits per heavy atom. The van der Waals surface area contributed by atoms with Gasteiger partial charge in [-0.05, 0) is 12.0 Å². The fourth-order valence-electron chi connectivity index (χ4n) is 1.80. The second-order valence-electron chi connectivity index (χ2n) is 4.73. The molecule has 0 aliphatic carbocycles. The van der Waals surface area contributed by atoms with Crippen LogP contribution in [0.1, 0.15) is 47.1 Å². The third kappa shape index (κ3) is 3.38. The van der Waals surface area contributed by atoms with Crippen LogP contribution in [0.5, 0.6) is 0 Å². The van der Waals surface area contributed by atoms with Crippen molar-refractivity contribution in [3.63, 3.8) is 0 Å². The molecule has 21 heavy (non-hydrogen) atoms. The minimum atomic E-state index is -0.416. The van der Waals surface area contributed by atoms with Gasteiger partial charge in [0.15, 0.2) is 0 Å². The van der Waals surface area contributed by atoms with E-state index in [4.69, 9.17) is 21.4 Å². The Hall–Kier alpha value is -2.39. The second-order valence-corrected chi connectivity index (χ2v) is 5.14. The van der Waals surface area contributed by atoms with Crippen molar-refractivity contribution in [3.05, 3.63) is 46.1 Å². The van der Waals surface area contributed by atoms with Gasteiger partial charge in [-0.1, -0.05) is 30.6 Å². The lowest BCUT2D eigenvalue weighted by Crippen LogP contribution is -2.24. The van der Waals surface area contributed by atoms with E-state index in [-0.39, 0.29) is 23.2 Å². The fourth-order valence-corrected chi connectivity index (χ4v) is 2.05. The lowest BCUT2D eigenvalue weighted by molar-refractivity contribution is 0.0946. The number of amides is 1. The number of carbonyl (C=O) groups is 1. The Morgan fingerprint density at radius 3 is 2.95 bits per heavy atom. The van der Waals surface area contributed by atoms with Crippen LogP contribution in [0.15, 0.2) is 23.0 Å². The van der Waals surface area contributed by atoms with Gasteiger partial charge in [-0.3, -0.25) is 4.79 Å². The molecule has 0 spiro atoms. The van der Waals surface area contributed by atoms with Crippen LogP contribution >= 0.6 is 11.6 Å². The SMILES string of the molecule is CC(C)c1nocc1CNC(=O)c1ncc(C#N)cc1Cl. The van der Waals surface area contributed by atoms with Gasteiger partial charge in [0.1, 0.15) is 18.0 Å². The highest BCUT2D eigenvalue weighted by atomic mass is 35.5. The summed E-state index contributed by atoms with van der Waals surface area (Å²) in [6, 6.07) is 3.31. The third-order valence-electron chi connectivity index (χ3n) is 2.85. The summed E-state index contributed by atoms with van der Waals surface area (Å²) in [4.78, 5) is 16.0. The molecule has 7 heteroatoms. The van der Waals surface area contributed by atoms with Crippen molar-refractivity contribution in [2.45, 2.75) is 26.3 Å². The van der Waals surface area contributed by atoms with Crippen LogP contribution in [0.2, 0.25) is 5.02 Å². The van der Waals surface area contributed by atoms with Crippen LogP contribution in [0.4, 0.5) is 0 Å². The number of hydrogen-bond donors (Lipinski definition) is 1. The van der Waals surface area contributed by atoms with Crippen molar-refractivity contribution in [1.29, 1.82) is 5.26 Å². The molecular weight excluding hydrogens is 292 g/mol. The first-order chi connectivity index (χ1) is 10.0. The van der Waals surface area contributed by atoms with Gasteiger partial charge >= 0.3 is 0 Å². The summed E-state index contributed by atoms with van der Waals surface area (Å²) in [6.45, 7) is 4.25. The van der Waals surface area contributed by atoms with Gasteiger partial charge in [-0.15, -0.1) is 0 Å². The van der Waals surface area contributed by atoms with Crippen LogP contribution < -0.4 is 5.32 Å². The number of pyridine rings is 1. The van der Waals surface area contributed by atoms with Crippen molar-refractivity contribution in [1.82, 2.24) is 15.5 Å². The van der Waals surface area contributed by atoms with Crippen molar-refractivity contribution in [3.8, 4) is 6.07 Å². The van der Waals surface area contributed by atoms with Crippen LogP contribution in [0.25, 0.3) is 0 Å². The molecule has 0 radical (unpaired) electrons. The highest BCUT2D eigenvalue weighted by molar-refractivity contribution is 6.33. The molecule has 0 aromatic carbocycles. The number of aromatic nitrogens is 2. The summed E-state index contributed by atoms with van der Waals surface area (Å²) in [6.07, 6.45) is 2.81. The molecule has 0 bridgehead atoms. The molecule has 2 rings (SSSR count). The van der Waals surface area contributed by atoms with Gasteiger partial charge < -0.3 is 9.84 Å². The normalized spacial score (nSPS) is 10.4. The van der Waals surface area contributed by atoms with E-state index in [0.29, 0.717) is 5.56 Å². The maximum Gasteiger partial charge on any atom is 0.271 e. The smallest absolute Gasteiger partial charge is 0.271 e. The molecule has 108 valence electrons. The zero-order valence-electron chi connectivity index (χ0n) is 11.6. The molecule has 1 amide bonds. The molecule has 6 nitrogen and oxygen atoms in total. The second kappa shape index (κ2) is 6.37. The van der Waals surface area contributed by atoms with Gasteiger partial charge in [0.2, 0.25) is 0 Å². The van der Waals surface area contributed by atoms with Crippen LogP contribution in [-0.4, -0.2) is 16.0 Å². The van der Waals surface area contributed by atoms with Crippen LogP contribution in [-0.2, 0) is 6.54 Å². The van der Waals surface area contributed by atoms with E-state index in [1.807, 2.05) is 19.9 Å². The minimum absolute atomic E-state index is 0.0817. The molecule has 0 aliphatic heterocycles. The quantitative estimate of drug-likeness (QED) is 0.937. The van der Waals surface area contributed by atoms with E-state index in [1.165, 1.54) is 18.5 Å². The predicted octanol–water partition coefficient (Wildman–Crippen LogP) is 2.65. The summed E-state index contributed by atoms with van der Waals surface area (Å²) in [7, 11) is 0. The summed E-state index contributed by atoms with van der Waals surface area (Å²) < 4.78 is 4.92. The Labute approximate surface area is 126 Å². The number of hydrogen-bond acceptors (Lipinski definition) is 5. The fraction of sp³-hybridized carbons (Fsp3) is 0.286. The lowest BCUT2D eigenvalue weighted by Gasteiger charge is -2.07. The minimum Gasteiger partial charge on any atom is -0.364 e. The molecule has 2 aromatic heterocycles. The monoisotopic (exact) mass is 304 g/mol. The molecule has 0 aliphatic rings. The maximum absolute atomic E-state index is 12.0. The molecule has 2 heterocycles. The number of halogens is 1. The molecule has 0 atom stereocenters. The van der Waals surface area contributed by atoms with Gasteiger partial charge in [-0.25, -0.2) is 4.98 Å². The molecule has 0 saturated heterocycles. The summed E-state index contributed by atoms with van der Waals surface area (Å²) >= 11 is 5.94. The highest BCUT2D eigenvalue weighted by Gasteiger charge is 2.16. The van der Waals surface area contributed by atoms with Crippen LogP contribution in [0.3, 0.4) is 0 Å². The summed E-state index contributed by atoms with van der Waals surface area (Å²) in [5.74, 6) is -0.215. The largest absolute Gasteiger partial charge is 0.364 e. The van der Waals surface area contributed by atoms with Crippen molar-refractivity contribution >= 4 is 17.5 Å². The zero-order chi connectivity index (χ0) is 15.4. The number of carbonyl (C=O) groups excluding carboxylic acids is 1. The first-order valence-corrected chi connectivity index (χ1v) is 6.67. The molecule has 0 fully saturated rings. The van der Waals surface area contributed by atoms with E-state index in [0.717, 1.165) is 11.3 Å². The zero-order valence-corrected chi connectivity index (χ0v) is 12.3. The average Bonchev–Trinajstić information content (AvgIpc) is 2.93. The van der Waals surface area contributed by atoms with Gasteiger partial charge in [0.05, 0.1) is 16.3 Å². The Balaban J connectivity index is 2.09. The summed E-state index contributed by atoms with van der Waals surface area (Å²) in [5.41, 5.74) is 1.99. The lowest BCUT2D eigenvalue weighted by atomic mass is 10.1. The molecule has 0 saturated carbocycles. The molecular formula is C14H13ClN4O2. The molecule has 0 unspecified atom stereocenters. The van der Waals surface area contributed by atoms with Crippen molar-refractivity contribution < 1.29 is 9.32 Å². The highest BCUT2D eigenvalue weighted by Crippen LogP contribution is 2.18. The Kier molecular flexibility index (Phi) is 4.55.